The molecule has 2 N–H and O–H groups in total. The average Bonchev–Trinajstić information content (AvgIpc) is 2.75. The minimum Gasteiger partial charge on any atom is -0.399 e. The second kappa shape index (κ2) is 6.58. The topological polar surface area (TPSA) is 29.3 Å². The largest absolute Gasteiger partial charge is 0.399 e. The highest BCUT2D eigenvalue weighted by molar-refractivity contribution is 5.86. The van der Waals surface area contributed by atoms with Gasteiger partial charge in [0.25, 0.3) is 0 Å². The summed E-state index contributed by atoms with van der Waals surface area (Å²) in [5, 5.41) is 0. The Morgan fingerprint density at radius 3 is 2.29 bits per heavy atom. The van der Waals surface area contributed by atoms with Gasteiger partial charge in [-0.05, 0) is 52.1 Å². The molecule has 0 bridgehead atoms. The molecule has 4 aromatic rings. The lowest BCUT2D eigenvalue weighted by Gasteiger charge is -2.38. The number of nitrogens with zero attached hydrogens (tertiary/aromatic N) is 1. The predicted octanol–water partition coefficient (Wildman–Crippen LogP) is 6.14. The number of anilines is 2. The third-order valence-electron chi connectivity index (χ3n) is 5.64. The average molecular weight is 362 g/mol. The molecule has 0 aromatic heterocycles. The van der Waals surface area contributed by atoms with Crippen LogP contribution in [-0.2, 0) is 0 Å². The molecule has 1 aliphatic rings. The van der Waals surface area contributed by atoms with E-state index in [1.807, 2.05) is 6.07 Å². The Morgan fingerprint density at radius 1 is 0.679 bits per heavy atom. The summed E-state index contributed by atoms with van der Waals surface area (Å²) in [5.74, 6) is 0. The number of para-hydroxylation sites is 1. The van der Waals surface area contributed by atoms with Gasteiger partial charge in [-0.25, -0.2) is 0 Å². The minimum atomic E-state index is 0.122. The molecule has 1 unspecified atom stereocenters. The number of benzene rings is 4. The molecule has 136 valence electrons. The lowest BCUT2D eigenvalue weighted by molar-refractivity contribution is 0.775. The minimum absolute atomic E-state index is 0.122. The molecule has 2 nitrogen and oxygen atoms in total. The van der Waals surface area contributed by atoms with Gasteiger partial charge < -0.3 is 10.6 Å². The Morgan fingerprint density at radius 2 is 1.43 bits per heavy atom. The molecule has 4 aromatic carbocycles. The van der Waals surface area contributed by atoms with E-state index in [1.165, 1.54) is 39.1 Å². The van der Waals surface area contributed by atoms with Crippen molar-refractivity contribution in [3.05, 3.63) is 108 Å². The number of rotatable bonds is 2. The maximum atomic E-state index is 6.19. The van der Waals surface area contributed by atoms with Crippen molar-refractivity contribution in [3.8, 4) is 22.3 Å². The molecule has 0 fully saturated rings. The predicted molar refractivity (Wildman–Crippen MR) is 118 cm³/mol. The van der Waals surface area contributed by atoms with E-state index in [0.29, 0.717) is 0 Å². The van der Waals surface area contributed by atoms with Crippen LogP contribution in [0.3, 0.4) is 0 Å². The maximum Gasteiger partial charge on any atom is 0.0799 e. The van der Waals surface area contributed by atoms with Crippen LogP contribution in [-0.4, -0.2) is 7.05 Å². The fourth-order valence-corrected chi connectivity index (χ4v) is 4.33. The SMILES string of the molecule is CN1c2ccccc2-c2ccc(N)cc2C1c1cccc(-c2ccccc2)c1. The summed E-state index contributed by atoms with van der Waals surface area (Å²) in [7, 11) is 2.17. The summed E-state index contributed by atoms with van der Waals surface area (Å²) >= 11 is 0. The Labute approximate surface area is 165 Å². The molecule has 0 saturated heterocycles. The zero-order chi connectivity index (χ0) is 19.1. The first-order valence-corrected chi connectivity index (χ1v) is 9.59. The van der Waals surface area contributed by atoms with E-state index in [4.69, 9.17) is 5.73 Å². The highest BCUT2D eigenvalue weighted by Crippen LogP contribution is 2.47. The smallest absolute Gasteiger partial charge is 0.0799 e. The molecule has 0 aliphatic carbocycles. The zero-order valence-corrected chi connectivity index (χ0v) is 15.8. The molecule has 0 spiro atoms. The molecule has 2 heteroatoms. The quantitative estimate of drug-likeness (QED) is 0.434. The second-order valence-corrected chi connectivity index (χ2v) is 7.37. The van der Waals surface area contributed by atoms with E-state index in [9.17, 15) is 0 Å². The summed E-state index contributed by atoms with van der Waals surface area (Å²) in [6.07, 6.45) is 0. The van der Waals surface area contributed by atoms with Gasteiger partial charge in [0.15, 0.2) is 0 Å². The molecule has 1 heterocycles. The van der Waals surface area contributed by atoms with Crippen LogP contribution in [0, 0.1) is 0 Å². The lowest BCUT2D eigenvalue weighted by Crippen LogP contribution is -2.29. The molecule has 5 rings (SSSR count). The Balaban J connectivity index is 1.70. The fourth-order valence-electron chi connectivity index (χ4n) is 4.33. The number of hydrogen-bond acceptors (Lipinski definition) is 2. The molecule has 0 radical (unpaired) electrons. The molecular weight excluding hydrogens is 340 g/mol. The molecule has 1 aliphatic heterocycles. The van der Waals surface area contributed by atoms with Crippen molar-refractivity contribution in [2.75, 3.05) is 17.7 Å². The Bertz CT molecular complexity index is 1150. The van der Waals surface area contributed by atoms with E-state index < -0.39 is 0 Å². The van der Waals surface area contributed by atoms with Crippen LogP contribution in [0.5, 0.6) is 0 Å². The van der Waals surface area contributed by atoms with Gasteiger partial charge in [-0.1, -0.05) is 72.8 Å². The molecular formula is C26H22N2. The Hall–Kier alpha value is -3.52. The number of nitrogen functional groups attached to an aromatic ring is 1. The summed E-state index contributed by atoms with van der Waals surface area (Å²) in [6.45, 7) is 0. The second-order valence-electron chi connectivity index (χ2n) is 7.37. The summed E-state index contributed by atoms with van der Waals surface area (Å²) in [5.41, 5.74) is 15.7. The van der Waals surface area contributed by atoms with Crippen LogP contribution in [0.25, 0.3) is 22.3 Å². The van der Waals surface area contributed by atoms with Crippen molar-refractivity contribution < 1.29 is 0 Å². The van der Waals surface area contributed by atoms with Gasteiger partial charge in [0.05, 0.1) is 6.04 Å². The molecule has 0 amide bonds. The fraction of sp³-hybridized carbons (Fsp3) is 0.0769. The van der Waals surface area contributed by atoms with Crippen molar-refractivity contribution in [2.45, 2.75) is 6.04 Å². The summed E-state index contributed by atoms with van der Waals surface area (Å²) < 4.78 is 0. The van der Waals surface area contributed by atoms with Crippen molar-refractivity contribution in [1.82, 2.24) is 0 Å². The van der Waals surface area contributed by atoms with E-state index in [1.54, 1.807) is 0 Å². The van der Waals surface area contributed by atoms with Crippen molar-refractivity contribution in [2.24, 2.45) is 0 Å². The van der Waals surface area contributed by atoms with E-state index in [-0.39, 0.29) is 6.04 Å². The van der Waals surface area contributed by atoms with Gasteiger partial charge in [0.1, 0.15) is 0 Å². The maximum absolute atomic E-state index is 6.19. The monoisotopic (exact) mass is 362 g/mol. The molecule has 1 atom stereocenters. The van der Waals surface area contributed by atoms with Crippen LogP contribution in [0.1, 0.15) is 17.2 Å². The van der Waals surface area contributed by atoms with Crippen LogP contribution in [0.15, 0.2) is 97.1 Å². The number of nitrogens with two attached hydrogens (primary N) is 1. The van der Waals surface area contributed by atoms with Crippen molar-refractivity contribution in [1.29, 1.82) is 0 Å². The molecule has 0 saturated carbocycles. The van der Waals surface area contributed by atoms with Crippen molar-refractivity contribution in [3.63, 3.8) is 0 Å². The number of hydrogen-bond donors (Lipinski definition) is 1. The van der Waals surface area contributed by atoms with Crippen LogP contribution in [0.4, 0.5) is 11.4 Å². The standard InChI is InChI=1S/C26H22N2/c1-28-25-13-6-5-12-23(25)22-15-14-21(27)17-24(22)26(28)20-11-7-10-19(16-20)18-8-3-2-4-9-18/h2-17,26H,27H2,1H3. The van der Waals surface area contributed by atoms with Gasteiger partial charge in [-0.2, -0.15) is 0 Å². The van der Waals surface area contributed by atoms with Crippen LogP contribution >= 0.6 is 0 Å². The van der Waals surface area contributed by atoms with E-state index in [2.05, 4.69) is 103 Å². The highest BCUT2D eigenvalue weighted by Gasteiger charge is 2.30. The van der Waals surface area contributed by atoms with Gasteiger partial charge >= 0.3 is 0 Å². The van der Waals surface area contributed by atoms with Gasteiger partial charge in [0, 0.05) is 24.0 Å². The third-order valence-corrected chi connectivity index (χ3v) is 5.64. The zero-order valence-electron chi connectivity index (χ0n) is 15.8. The van der Waals surface area contributed by atoms with E-state index >= 15 is 0 Å². The summed E-state index contributed by atoms with van der Waals surface area (Å²) in [4.78, 5) is 2.36. The van der Waals surface area contributed by atoms with Gasteiger partial charge in [-0.3, -0.25) is 0 Å². The third kappa shape index (κ3) is 2.66. The van der Waals surface area contributed by atoms with E-state index in [0.717, 1.165) is 5.69 Å². The molecule has 28 heavy (non-hydrogen) atoms. The van der Waals surface area contributed by atoms with Crippen LogP contribution in [0.2, 0.25) is 0 Å². The normalized spacial score (nSPS) is 15.0. The van der Waals surface area contributed by atoms with Gasteiger partial charge in [0.2, 0.25) is 0 Å². The van der Waals surface area contributed by atoms with Crippen LogP contribution < -0.4 is 10.6 Å². The lowest BCUT2D eigenvalue weighted by atomic mass is 9.84. The first-order chi connectivity index (χ1) is 13.7. The van der Waals surface area contributed by atoms with Crippen molar-refractivity contribution >= 4 is 11.4 Å². The Kier molecular flexibility index (Phi) is 3.91. The first-order valence-electron chi connectivity index (χ1n) is 9.59. The highest BCUT2D eigenvalue weighted by atomic mass is 15.1. The van der Waals surface area contributed by atoms with Gasteiger partial charge in [-0.15, -0.1) is 0 Å². The first kappa shape index (κ1) is 16.6. The summed E-state index contributed by atoms with van der Waals surface area (Å²) in [6, 6.07) is 34.4. The number of fused-ring (bicyclic) bond motifs is 3.